The van der Waals surface area contributed by atoms with Gasteiger partial charge < -0.3 is 14.9 Å². The van der Waals surface area contributed by atoms with Crippen LogP contribution in [0.3, 0.4) is 0 Å². The number of carboxylic acid groups (broad SMARTS) is 2. The molecule has 1 heterocycles. The number of hydrogen-bond donors (Lipinski definition) is 2. The molecule has 0 aliphatic heterocycles. The molecule has 6 nitrogen and oxygen atoms in total. The van der Waals surface area contributed by atoms with E-state index in [1.165, 1.54) is 20.9 Å². The molecule has 0 saturated heterocycles. The molecule has 0 bridgehead atoms. The molecule has 230 valence electrons. The van der Waals surface area contributed by atoms with Crippen LogP contribution in [0.1, 0.15) is 68.6 Å². The van der Waals surface area contributed by atoms with Crippen LogP contribution in [0.4, 0.5) is 0 Å². The largest absolute Gasteiger partial charge is 0.489 e. The summed E-state index contributed by atoms with van der Waals surface area (Å²) >= 11 is 1.79. The third-order valence-electron chi connectivity index (χ3n) is 7.87. The van der Waals surface area contributed by atoms with Crippen molar-refractivity contribution in [1.29, 1.82) is 0 Å². The lowest BCUT2D eigenvalue weighted by atomic mass is 10.0. The van der Waals surface area contributed by atoms with E-state index in [0.29, 0.717) is 19.6 Å². The number of unbranched alkanes of at least 4 members (excludes halogenated alkanes) is 1. The van der Waals surface area contributed by atoms with Gasteiger partial charge in [0.15, 0.2) is 0 Å². The zero-order chi connectivity index (χ0) is 31.6. The van der Waals surface area contributed by atoms with Gasteiger partial charge in [0.25, 0.3) is 0 Å². The van der Waals surface area contributed by atoms with Crippen molar-refractivity contribution in [3.05, 3.63) is 117 Å². The lowest BCUT2D eigenvalue weighted by molar-refractivity contribution is -0.137. The molecule has 0 unspecified atom stereocenters. The minimum atomic E-state index is -0.940. The summed E-state index contributed by atoms with van der Waals surface area (Å²) in [6.45, 7) is 13.1. The fourth-order valence-electron chi connectivity index (χ4n) is 5.30. The molecule has 0 amide bonds. The van der Waals surface area contributed by atoms with Gasteiger partial charge in [0.05, 0.1) is 5.56 Å². The van der Waals surface area contributed by atoms with E-state index in [9.17, 15) is 14.7 Å². The zero-order valence-corrected chi connectivity index (χ0v) is 26.6. The fraction of sp³-hybridized carbons (Fsp3) is 0.297. The number of allylic oxidation sites excluding steroid dienone is 1. The number of aliphatic carboxylic acids is 1. The number of carboxylic acids is 2. The Morgan fingerprint density at radius 3 is 1.98 bits per heavy atom. The molecule has 0 aliphatic carbocycles. The van der Waals surface area contributed by atoms with E-state index in [2.05, 4.69) is 61.7 Å². The number of nitrogens with zero attached hydrogens (tertiary/aromatic N) is 1. The van der Waals surface area contributed by atoms with Crippen LogP contribution >= 0.6 is 11.3 Å². The van der Waals surface area contributed by atoms with Crippen LogP contribution in [-0.2, 0) is 24.4 Å². The van der Waals surface area contributed by atoms with Crippen LogP contribution in [0.5, 0.6) is 5.75 Å². The number of hydrogen-bond acceptors (Lipinski definition) is 5. The van der Waals surface area contributed by atoms with Crippen molar-refractivity contribution in [1.82, 2.24) is 4.90 Å². The van der Waals surface area contributed by atoms with Crippen LogP contribution in [0.2, 0.25) is 0 Å². The van der Waals surface area contributed by atoms with E-state index in [4.69, 9.17) is 9.84 Å². The predicted molar refractivity (Wildman–Crippen MR) is 179 cm³/mol. The first kappa shape index (κ1) is 32.7. The molecule has 0 atom stereocenters. The average Bonchev–Trinajstić information content (AvgIpc) is 3.28. The molecule has 0 saturated carbocycles. The quantitative estimate of drug-likeness (QED) is 0.123. The van der Waals surface area contributed by atoms with Gasteiger partial charge in [-0.25, -0.2) is 4.79 Å². The van der Waals surface area contributed by atoms with Crippen molar-refractivity contribution in [3.63, 3.8) is 0 Å². The summed E-state index contributed by atoms with van der Waals surface area (Å²) < 4.78 is 6.28. The molecule has 1 aromatic heterocycles. The second-order valence-electron chi connectivity index (χ2n) is 11.2. The third kappa shape index (κ3) is 9.15. The number of rotatable bonds is 16. The van der Waals surface area contributed by atoms with Crippen LogP contribution in [0.15, 0.2) is 79.4 Å². The SMILES string of the molecule is C=C(C)c1ccc(-c2ccc(OCc3c(C)sc(C)c3CCN(CCCCC(=O)O)Cc3ccc(C(=O)O)cc3)cc2)cc1. The fourth-order valence-corrected chi connectivity index (χ4v) is 6.42. The molecule has 0 spiro atoms. The van der Waals surface area contributed by atoms with Gasteiger partial charge in [0, 0.05) is 34.8 Å². The van der Waals surface area contributed by atoms with Gasteiger partial charge in [-0.2, -0.15) is 0 Å². The number of ether oxygens (including phenoxy) is 1. The molecule has 4 rings (SSSR count). The van der Waals surface area contributed by atoms with E-state index in [1.54, 1.807) is 23.5 Å². The number of benzene rings is 3. The molecule has 3 aromatic carbocycles. The summed E-state index contributed by atoms with van der Waals surface area (Å²) in [4.78, 5) is 27.1. The average molecular weight is 612 g/mol. The molecular formula is C37H41NO5S. The molecule has 0 fully saturated rings. The molecule has 4 aromatic rings. The first-order valence-corrected chi connectivity index (χ1v) is 15.8. The smallest absolute Gasteiger partial charge is 0.335 e. The summed E-state index contributed by atoms with van der Waals surface area (Å²) in [6.07, 6.45) is 2.41. The summed E-state index contributed by atoms with van der Waals surface area (Å²) in [5, 5.41) is 18.3. The number of aryl methyl sites for hydroxylation is 2. The van der Waals surface area contributed by atoms with E-state index < -0.39 is 11.9 Å². The summed E-state index contributed by atoms with van der Waals surface area (Å²) in [7, 11) is 0. The van der Waals surface area contributed by atoms with Crippen molar-refractivity contribution >= 4 is 28.8 Å². The second kappa shape index (κ2) is 15.5. The lowest BCUT2D eigenvalue weighted by Gasteiger charge is -2.23. The van der Waals surface area contributed by atoms with Gasteiger partial charge in [-0.15, -0.1) is 11.3 Å². The topological polar surface area (TPSA) is 87.1 Å². The Morgan fingerprint density at radius 1 is 0.795 bits per heavy atom. The number of thiophene rings is 1. The third-order valence-corrected chi connectivity index (χ3v) is 8.97. The minimum absolute atomic E-state index is 0.160. The Hall–Kier alpha value is -4.20. The Bertz CT molecular complexity index is 1570. The maximum atomic E-state index is 11.3. The Morgan fingerprint density at radius 2 is 1.39 bits per heavy atom. The van der Waals surface area contributed by atoms with Gasteiger partial charge >= 0.3 is 11.9 Å². The van der Waals surface area contributed by atoms with Gasteiger partial charge in [-0.1, -0.05) is 60.7 Å². The normalized spacial score (nSPS) is 11.1. The highest BCUT2D eigenvalue weighted by atomic mass is 32.1. The van der Waals surface area contributed by atoms with Gasteiger partial charge in [-0.05, 0) is 98.7 Å². The highest BCUT2D eigenvalue weighted by molar-refractivity contribution is 7.12. The van der Waals surface area contributed by atoms with Crippen molar-refractivity contribution in [2.24, 2.45) is 0 Å². The Labute approximate surface area is 264 Å². The Balaban J connectivity index is 1.41. The van der Waals surface area contributed by atoms with Gasteiger partial charge in [0.2, 0.25) is 0 Å². The molecule has 44 heavy (non-hydrogen) atoms. The first-order valence-electron chi connectivity index (χ1n) is 14.9. The molecule has 0 radical (unpaired) electrons. The van der Waals surface area contributed by atoms with E-state index in [0.717, 1.165) is 59.5 Å². The predicted octanol–water partition coefficient (Wildman–Crippen LogP) is 8.64. The highest BCUT2D eigenvalue weighted by Gasteiger charge is 2.16. The van der Waals surface area contributed by atoms with E-state index >= 15 is 0 Å². The number of carbonyl (C=O) groups is 2. The second-order valence-corrected chi connectivity index (χ2v) is 12.7. The summed E-state index contributed by atoms with van der Waals surface area (Å²) in [5.41, 5.74) is 8.30. The summed E-state index contributed by atoms with van der Waals surface area (Å²) in [6, 6.07) is 23.6. The lowest BCUT2D eigenvalue weighted by Crippen LogP contribution is -2.27. The van der Waals surface area contributed by atoms with E-state index in [-0.39, 0.29) is 12.0 Å². The van der Waals surface area contributed by atoms with Gasteiger partial charge in [-0.3, -0.25) is 9.69 Å². The molecule has 2 N–H and O–H groups in total. The van der Waals surface area contributed by atoms with Crippen molar-refractivity contribution in [3.8, 4) is 16.9 Å². The molecule has 0 aliphatic rings. The first-order chi connectivity index (χ1) is 21.1. The standard InChI is InChI=1S/C37H41NO5S/c1-25(2)29-12-14-30(15-13-29)31-16-18-33(19-17-31)43-24-35-27(4)44-26(3)34(35)20-22-38(21-6-5-7-36(39)40)23-28-8-10-32(11-9-28)37(41)42/h8-19H,1,5-7,20-24H2,2-4H3,(H,39,40)(H,41,42). The summed E-state index contributed by atoms with van der Waals surface area (Å²) in [5.74, 6) is -0.891. The van der Waals surface area contributed by atoms with Crippen LogP contribution in [0.25, 0.3) is 16.7 Å². The maximum Gasteiger partial charge on any atom is 0.335 e. The molecule has 7 heteroatoms. The van der Waals surface area contributed by atoms with Gasteiger partial charge in [0.1, 0.15) is 12.4 Å². The molecular weight excluding hydrogens is 570 g/mol. The van der Waals surface area contributed by atoms with E-state index in [1.807, 2.05) is 31.2 Å². The number of aromatic carboxylic acids is 1. The zero-order valence-electron chi connectivity index (χ0n) is 25.8. The van der Waals surface area contributed by atoms with Crippen molar-refractivity contribution in [2.45, 2.75) is 59.6 Å². The highest BCUT2D eigenvalue weighted by Crippen LogP contribution is 2.30. The Kier molecular flexibility index (Phi) is 11.5. The maximum absolute atomic E-state index is 11.3. The van der Waals surface area contributed by atoms with Crippen LogP contribution < -0.4 is 4.74 Å². The minimum Gasteiger partial charge on any atom is -0.489 e. The van der Waals surface area contributed by atoms with Crippen molar-refractivity contribution < 1.29 is 24.5 Å². The monoisotopic (exact) mass is 611 g/mol. The van der Waals surface area contributed by atoms with Crippen molar-refractivity contribution in [2.75, 3.05) is 13.1 Å². The van der Waals surface area contributed by atoms with Crippen LogP contribution in [-0.4, -0.2) is 40.1 Å². The van der Waals surface area contributed by atoms with Crippen LogP contribution in [0, 0.1) is 13.8 Å².